The fraction of sp³-hybridized carbons (Fsp3) is 0.381. The van der Waals surface area contributed by atoms with Crippen LogP contribution in [0.5, 0.6) is 5.75 Å². The van der Waals surface area contributed by atoms with Gasteiger partial charge in [-0.05, 0) is 62.2 Å². The van der Waals surface area contributed by atoms with Gasteiger partial charge in [0, 0.05) is 30.4 Å². The minimum Gasteiger partial charge on any atom is -0.497 e. The summed E-state index contributed by atoms with van der Waals surface area (Å²) in [4.78, 5) is 12.8. The summed E-state index contributed by atoms with van der Waals surface area (Å²) >= 11 is 0. The summed E-state index contributed by atoms with van der Waals surface area (Å²) in [6, 6.07) is 12.3. The predicted octanol–water partition coefficient (Wildman–Crippen LogP) is 2.04. The zero-order valence-corrected chi connectivity index (χ0v) is 19.6. The molecule has 32 heavy (non-hydrogen) atoms. The van der Waals surface area contributed by atoms with Crippen molar-refractivity contribution in [3.8, 4) is 5.75 Å². The topological polar surface area (TPSA) is 122 Å². The molecule has 0 aromatic heterocycles. The summed E-state index contributed by atoms with van der Waals surface area (Å²) < 4.78 is 58.1. The Morgan fingerprint density at radius 3 is 2.31 bits per heavy atom. The molecule has 3 rings (SSSR count). The Morgan fingerprint density at radius 1 is 1.06 bits per heavy atom. The first-order chi connectivity index (χ1) is 15.1. The van der Waals surface area contributed by atoms with E-state index in [0.29, 0.717) is 29.8 Å². The second-order valence-corrected chi connectivity index (χ2v) is 11.4. The summed E-state index contributed by atoms with van der Waals surface area (Å²) in [7, 11) is -5.54. The number of nitrogens with zero attached hydrogens (tertiary/aromatic N) is 1. The van der Waals surface area contributed by atoms with Gasteiger partial charge in [-0.25, -0.2) is 16.8 Å². The lowest BCUT2D eigenvalue weighted by Crippen LogP contribution is -2.46. The molecule has 1 saturated heterocycles. The summed E-state index contributed by atoms with van der Waals surface area (Å²) in [6.45, 7) is 2.10. The van der Waals surface area contributed by atoms with Gasteiger partial charge in [0.1, 0.15) is 5.75 Å². The third kappa shape index (κ3) is 5.78. The number of sulfonamides is 2. The molecule has 0 atom stereocenters. The van der Waals surface area contributed by atoms with E-state index in [9.17, 15) is 21.6 Å². The Bertz CT molecular complexity index is 1160. The van der Waals surface area contributed by atoms with Crippen LogP contribution in [0.15, 0.2) is 53.4 Å². The Kier molecular flexibility index (Phi) is 7.42. The average Bonchev–Trinajstić information content (AvgIpc) is 2.79. The van der Waals surface area contributed by atoms with E-state index in [1.165, 1.54) is 36.5 Å². The first kappa shape index (κ1) is 24.0. The summed E-state index contributed by atoms with van der Waals surface area (Å²) in [5, 5.41) is 2.91. The molecular weight excluding hydrogens is 454 g/mol. The highest BCUT2D eigenvalue weighted by atomic mass is 32.2. The third-order valence-corrected chi connectivity index (χ3v) is 8.48. The van der Waals surface area contributed by atoms with Gasteiger partial charge >= 0.3 is 0 Å². The largest absolute Gasteiger partial charge is 0.497 e. The van der Waals surface area contributed by atoms with E-state index in [0.717, 1.165) is 0 Å². The number of nitrogens with one attached hydrogen (secondary N) is 2. The highest BCUT2D eigenvalue weighted by molar-refractivity contribution is 7.92. The molecule has 0 saturated carbocycles. The Balaban J connectivity index is 1.59. The molecule has 1 aliphatic rings. The number of piperidine rings is 1. The summed E-state index contributed by atoms with van der Waals surface area (Å²) in [6.07, 6.45) is 0.951. The monoisotopic (exact) mass is 481 g/mol. The number of benzene rings is 2. The van der Waals surface area contributed by atoms with Crippen LogP contribution in [0.25, 0.3) is 0 Å². The Labute approximate surface area is 188 Å². The predicted molar refractivity (Wildman–Crippen MR) is 122 cm³/mol. The number of hydrogen-bond donors (Lipinski definition) is 2. The van der Waals surface area contributed by atoms with Crippen LogP contribution in [0, 0.1) is 0 Å². The van der Waals surface area contributed by atoms with E-state index >= 15 is 0 Å². The van der Waals surface area contributed by atoms with Gasteiger partial charge in [-0.3, -0.25) is 9.52 Å². The number of amides is 1. The first-order valence-electron chi connectivity index (χ1n) is 10.2. The zero-order valence-electron chi connectivity index (χ0n) is 17.9. The number of hydrogen-bond acceptors (Lipinski definition) is 6. The van der Waals surface area contributed by atoms with E-state index in [1.807, 2.05) is 0 Å². The molecule has 0 radical (unpaired) electrons. The molecule has 1 aliphatic heterocycles. The lowest BCUT2D eigenvalue weighted by atomic mass is 10.1. The molecule has 174 valence electrons. The lowest BCUT2D eigenvalue weighted by molar-refractivity contribution is 0.0924. The van der Waals surface area contributed by atoms with Crippen LogP contribution in [0.4, 0.5) is 5.69 Å². The maximum Gasteiger partial charge on any atom is 0.251 e. The van der Waals surface area contributed by atoms with Gasteiger partial charge in [0.25, 0.3) is 5.91 Å². The van der Waals surface area contributed by atoms with Crippen LogP contribution >= 0.6 is 0 Å². The van der Waals surface area contributed by atoms with E-state index in [2.05, 4.69) is 10.0 Å². The molecule has 9 nitrogen and oxygen atoms in total. The summed E-state index contributed by atoms with van der Waals surface area (Å²) in [5.41, 5.74) is 0.648. The maximum atomic E-state index is 12.9. The maximum absolute atomic E-state index is 12.9. The van der Waals surface area contributed by atoms with Crippen molar-refractivity contribution in [1.29, 1.82) is 0 Å². The smallest absolute Gasteiger partial charge is 0.251 e. The molecule has 11 heteroatoms. The van der Waals surface area contributed by atoms with Crippen LogP contribution in [0.3, 0.4) is 0 Å². The fourth-order valence-corrected chi connectivity index (χ4v) is 5.48. The highest BCUT2D eigenvalue weighted by Crippen LogP contribution is 2.23. The normalized spacial score (nSPS) is 15.8. The number of carbonyl (C=O) groups excluding carboxylic acids is 1. The fourth-order valence-electron chi connectivity index (χ4n) is 3.38. The van der Waals surface area contributed by atoms with Crippen molar-refractivity contribution in [1.82, 2.24) is 9.62 Å². The number of anilines is 1. The minimum absolute atomic E-state index is 0.0680. The molecule has 1 heterocycles. The molecule has 1 fully saturated rings. The molecule has 0 unspecified atom stereocenters. The average molecular weight is 482 g/mol. The van der Waals surface area contributed by atoms with Crippen molar-refractivity contribution in [2.24, 2.45) is 0 Å². The molecule has 2 aromatic carbocycles. The van der Waals surface area contributed by atoms with Crippen LogP contribution in [0.1, 0.15) is 30.1 Å². The van der Waals surface area contributed by atoms with Crippen molar-refractivity contribution in [3.63, 3.8) is 0 Å². The van der Waals surface area contributed by atoms with E-state index in [-0.39, 0.29) is 35.7 Å². The molecule has 0 aliphatic carbocycles. The molecule has 1 amide bonds. The Morgan fingerprint density at radius 2 is 1.72 bits per heavy atom. The van der Waals surface area contributed by atoms with Gasteiger partial charge < -0.3 is 10.1 Å². The molecular formula is C21H27N3O6S2. The van der Waals surface area contributed by atoms with E-state index in [1.54, 1.807) is 30.3 Å². The van der Waals surface area contributed by atoms with Crippen LogP contribution in [-0.2, 0) is 20.0 Å². The van der Waals surface area contributed by atoms with Crippen molar-refractivity contribution in [3.05, 3.63) is 54.1 Å². The lowest BCUT2D eigenvalue weighted by Gasteiger charge is -2.31. The Hall–Kier alpha value is -2.63. The standard InChI is InChI=1S/C21H27N3O6S2/c1-3-31(26,27)23-18-6-4-5-16(15-18)21(25)22-17-11-13-24(14-12-17)32(28,29)20-9-7-19(30-2)8-10-20/h4-10,15,17,23H,3,11-14H2,1-2H3,(H,22,25). The SMILES string of the molecule is CCS(=O)(=O)Nc1cccc(C(=O)NC2CCN(S(=O)(=O)c3ccc(OC)cc3)CC2)c1. The van der Waals surface area contributed by atoms with Gasteiger partial charge in [-0.1, -0.05) is 6.07 Å². The number of carbonyl (C=O) groups is 1. The van der Waals surface area contributed by atoms with E-state index in [4.69, 9.17) is 4.74 Å². The van der Waals surface area contributed by atoms with Crippen LogP contribution in [-0.4, -0.2) is 59.0 Å². The zero-order chi connectivity index (χ0) is 23.4. The number of ether oxygens (including phenoxy) is 1. The first-order valence-corrected chi connectivity index (χ1v) is 13.3. The van der Waals surface area contributed by atoms with Gasteiger partial charge in [-0.2, -0.15) is 4.31 Å². The van der Waals surface area contributed by atoms with Crippen LogP contribution < -0.4 is 14.8 Å². The summed E-state index contributed by atoms with van der Waals surface area (Å²) in [5.74, 6) is 0.178. The van der Waals surface area contributed by atoms with Crippen molar-refractivity contribution >= 4 is 31.6 Å². The van der Waals surface area contributed by atoms with E-state index < -0.39 is 20.0 Å². The van der Waals surface area contributed by atoms with Crippen molar-refractivity contribution in [2.75, 3.05) is 30.7 Å². The molecule has 2 aromatic rings. The quantitative estimate of drug-likeness (QED) is 0.595. The second kappa shape index (κ2) is 9.88. The third-order valence-electron chi connectivity index (χ3n) is 5.26. The molecule has 0 spiro atoms. The molecule has 0 bridgehead atoms. The van der Waals surface area contributed by atoms with Gasteiger partial charge in [0.2, 0.25) is 20.0 Å². The van der Waals surface area contributed by atoms with Crippen molar-refractivity contribution in [2.45, 2.75) is 30.7 Å². The number of methoxy groups -OCH3 is 1. The van der Waals surface area contributed by atoms with Crippen molar-refractivity contribution < 1.29 is 26.4 Å². The van der Waals surface area contributed by atoms with Gasteiger partial charge in [0.15, 0.2) is 0 Å². The molecule has 2 N–H and O–H groups in total. The highest BCUT2D eigenvalue weighted by Gasteiger charge is 2.30. The second-order valence-electron chi connectivity index (χ2n) is 7.41. The minimum atomic E-state index is -3.62. The number of rotatable bonds is 8. The van der Waals surface area contributed by atoms with Gasteiger partial charge in [-0.15, -0.1) is 0 Å². The van der Waals surface area contributed by atoms with Gasteiger partial charge in [0.05, 0.1) is 17.8 Å². The van der Waals surface area contributed by atoms with Crippen LogP contribution in [0.2, 0.25) is 0 Å².